The van der Waals surface area contributed by atoms with Crippen LogP contribution < -0.4 is 10.6 Å². The van der Waals surface area contributed by atoms with Crippen LogP contribution in [0.25, 0.3) is 11.0 Å². The molecule has 0 aliphatic heterocycles. The van der Waals surface area contributed by atoms with E-state index in [4.69, 9.17) is 0 Å². The first-order valence-electron chi connectivity index (χ1n) is 11.9. The summed E-state index contributed by atoms with van der Waals surface area (Å²) >= 11 is 0. The summed E-state index contributed by atoms with van der Waals surface area (Å²) in [5, 5.41) is 16.7. The number of aliphatic hydroxyl groups excluding tert-OH is 1. The monoisotopic (exact) mass is 488 g/mol. The van der Waals surface area contributed by atoms with E-state index in [0.717, 1.165) is 19.3 Å². The maximum atomic E-state index is 14.9. The number of hydrogen-bond acceptors (Lipinski definition) is 7. The van der Waals surface area contributed by atoms with Crippen LogP contribution in [0.4, 0.5) is 24.8 Å². The summed E-state index contributed by atoms with van der Waals surface area (Å²) in [4.78, 5) is 28.6. The minimum atomic E-state index is -2.65. The van der Waals surface area contributed by atoms with Gasteiger partial charge in [-0.05, 0) is 50.7 Å². The maximum absolute atomic E-state index is 14.9. The van der Waals surface area contributed by atoms with E-state index in [1.165, 1.54) is 24.7 Å². The Labute approximate surface area is 199 Å². The van der Waals surface area contributed by atoms with E-state index in [-0.39, 0.29) is 60.8 Å². The average Bonchev–Trinajstić information content (AvgIpc) is 3.26. The SMILES string of the molecule is O=C(c1ccc(NC2CCC(F)(F)CC2)nc1F)c1c[nH]c2ncnc(NC3CCCC(O)C3)c12. The first-order chi connectivity index (χ1) is 16.8. The fourth-order valence-corrected chi connectivity index (χ4v) is 4.96. The van der Waals surface area contributed by atoms with Gasteiger partial charge in [-0.2, -0.15) is 4.39 Å². The van der Waals surface area contributed by atoms with Gasteiger partial charge in [0, 0.05) is 31.1 Å². The number of alkyl halides is 2. The second-order valence-electron chi connectivity index (χ2n) is 9.45. The van der Waals surface area contributed by atoms with E-state index >= 15 is 0 Å². The van der Waals surface area contributed by atoms with Crippen molar-refractivity contribution in [1.29, 1.82) is 0 Å². The van der Waals surface area contributed by atoms with Crippen LogP contribution in [-0.2, 0) is 0 Å². The molecule has 0 bridgehead atoms. The number of anilines is 2. The van der Waals surface area contributed by atoms with Gasteiger partial charge in [0.15, 0.2) is 5.78 Å². The van der Waals surface area contributed by atoms with Crippen LogP contribution in [0.3, 0.4) is 0 Å². The van der Waals surface area contributed by atoms with Crippen molar-refractivity contribution in [1.82, 2.24) is 19.9 Å². The van der Waals surface area contributed by atoms with Crippen molar-refractivity contribution in [2.24, 2.45) is 0 Å². The molecule has 5 rings (SSSR count). The molecule has 2 unspecified atom stereocenters. The van der Waals surface area contributed by atoms with Crippen molar-refractivity contribution in [3.8, 4) is 0 Å². The Morgan fingerprint density at radius 3 is 2.60 bits per heavy atom. The smallest absolute Gasteiger partial charge is 0.248 e. The topological polar surface area (TPSA) is 116 Å². The lowest BCUT2D eigenvalue weighted by atomic mass is 9.92. The Kier molecular flexibility index (Phi) is 6.35. The molecule has 3 heterocycles. The number of hydrogen-bond donors (Lipinski definition) is 4. The first kappa shape index (κ1) is 23.5. The van der Waals surface area contributed by atoms with E-state index in [1.807, 2.05) is 0 Å². The molecule has 35 heavy (non-hydrogen) atoms. The summed E-state index contributed by atoms with van der Waals surface area (Å²) in [5.74, 6) is -3.53. The quantitative estimate of drug-likeness (QED) is 0.300. The summed E-state index contributed by atoms with van der Waals surface area (Å²) < 4.78 is 41.7. The lowest BCUT2D eigenvalue weighted by Gasteiger charge is -2.29. The van der Waals surface area contributed by atoms with Gasteiger partial charge in [0.1, 0.15) is 23.6 Å². The van der Waals surface area contributed by atoms with Crippen molar-refractivity contribution >= 4 is 28.5 Å². The summed E-state index contributed by atoms with van der Waals surface area (Å²) in [7, 11) is 0. The van der Waals surface area contributed by atoms with Crippen LogP contribution in [-0.4, -0.2) is 54.9 Å². The van der Waals surface area contributed by atoms with Gasteiger partial charge < -0.3 is 20.7 Å². The van der Waals surface area contributed by atoms with Crippen LogP contribution in [0.2, 0.25) is 0 Å². The Balaban J connectivity index is 1.36. The third-order valence-corrected chi connectivity index (χ3v) is 6.86. The summed E-state index contributed by atoms with van der Waals surface area (Å²) in [6, 6.07) is 2.60. The van der Waals surface area contributed by atoms with E-state index in [1.54, 1.807) is 0 Å². The van der Waals surface area contributed by atoms with E-state index in [2.05, 4.69) is 30.6 Å². The Morgan fingerprint density at radius 1 is 1.06 bits per heavy atom. The molecule has 0 spiro atoms. The van der Waals surface area contributed by atoms with E-state index < -0.39 is 17.7 Å². The number of carbonyl (C=O) groups excluding carboxylic acids is 1. The number of carbonyl (C=O) groups is 1. The number of nitrogens with one attached hydrogen (secondary N) is 3. The highest BCUT2D eigenvalue weighted by molar-refractivity contribution is 6.18. The van der Waals surface area contributed by atoms with Gasteiger partial charge in [0.05, 0.1) is 22.6 Å². The van der Waals surface area contributed by atoms with Gasteiger partial charge >= 0.3 is 0 Å². The van der Waals surface area contributed by atoms with Crippen LogP contribution in [0.15, 0.2) is 24.7 Å². The highest BCUT2D eigenvalue weighted by atomic mass is 19.3. The highest BCUT2D eigenvalue weighted by Gasteiger charge is 2.35. The molecule has 2 aliphatic rings. The number of rotatable bonds is 6. The molecular weight excluding hydrogens is 461 g/mol. The molecule has 0 radical (unpaired) electrons. The first-order valence-corrected chi connectivity index (χ1v) is 11.9. The lowest BCUT2D eigenvalue weighted by Crippen LogP contribution is -2.32. The number of halogens is 3. The average molecular weight is 489 g/mol. The highest BCUT2D eigenvalue weighted by Crippen LogP contribution is 2.34. The fourth-order valence-electron chi connectivity index (χ4n) is 4.96. The van der Waals surface area contributed by atoms with Crippen molar-refractivity contribution < 1.29 is 23.1 Å². The molecule has 2 saturated carbocycles. The van der Waals surface area contributed by atoms with Crippen molar-refractivity contribution in [3.63, 3.8) is 0 Å². The summed E-state index contributed by atoms with van der Waals surface area (Å²) in [6.45, 7) is 0. The fraction of sp³-hybridized carbons (Fsp3) is 0.500. The van der Waals surface area contributed by atoms with Gasteiger partial charge in [-0.3, -0.25) is 4.79 Å². The molecule has 3 aromatic rings. The lowest BCUT2D eigenvalue weighted by molar-refractivity contribution is -0.0361. The van der Waals surface area contributed by atoms with Gasteiger partial charge in [-0.1, -0.05) is 0 Å². The molecule has 4 N–H and O–H groups in total. The molecular formula is C24H27F3N6O2. The van der Waals surface area contributed by atoms with Crippen LogP contribution in [0.5, 0.6) is 0 Å². The molecule has 0 aromatic carbocycles. The third-order valence-electron chi connectivity index (χ3n) is 6.86. The standard InChI is InChI=1S/C24H27F3N6O2/c25-21-16(4-5-18(33-21)31-13-6-8-24(26,27)9-7-13)20(35)17-11-28-22-19(17)23(30-12-29-22)32-14-2-1-3-15(34)10-14/h4-5,11-15,34H,1-3,6-10H2,(H,31,33)(H2,28,29,30,32). The molecule has 3 aromatic heterocycles. The Morgan fingerprint density at radius 2 is 1.86 bits per heavy atom. The number of fused-ring (bicyclic) bond motifs is 1. The minimum absolute atomic E-state index is 0.00167. The number of ketones is 1. The summed E-state index contributed by atoms with van der Waals surface area (Å²) in [6.07, 6.45) is 5.62. The number of aliphatic hydroxyl groups is 1. The van der Waals surface area contributed by atoms with E-state index in [9.17, 15) is 23.1 Å². The molecule has 186 valence electrons. The third kappa shape index (κ3) is 5.09. The van der Waals surface area contributed by atoms with Gasteiger partial charge in [-0.25, -0.2) is 23.7 Å². The zero-order valence-electron chi connectivity index (χ0n) is 19.0. The number of pyridine rings is 1. The predicted molar refractivity (Wildman–Crippen MR) is 124 cm³/mol. The molecule has 2 aliphatic carbocycles. The van der Waals surface area contributed by atoms with Gasteiger partial charge in [0.2, 0.25) is 11.9 Å². The van der Waals surface area contributed by atoms with Crippen LogP contribution in [0, 0.1) is 5.95 Å². The number of nitrogens with zero attached hydrogens (tertiary/aromatic N) is 3. The normalized spacial score (nSPS) is 22.7. The Hall–Kier alpha value is -3.21. The predicted octanol–water partition coefficient (Wildman–Crippen LogP) is 4.43. The maximum Gasteiger partial charge on any atom is 0.248 e. The van der Waals surface area contributed by atoms with E-state index in [0.29, 0.717) is 23.3 Å². The van der Waals surface area contributed by atoms with Crippen molar-refractivity contribution in [3.05, 3.63) is 41.7 Å². The molecule has 11 heteroatoms. The van der Waals surface area contributed by atoms with Crippen molar-refractivity contribution in [2.45, 2.75) is 75.5 Å². The zero-order valence-corrected chi connectivity index (χ0v) is 19.0. The number of aromatic amines is 1. The number of aromatic nitrogens is 4. The van der Waals surface area contributed by atoms with Gasteiger partial charge in [-0.15, -0.1) is 0 Å². The second-order valence-corrected chi connectivity index (χ2v) is 9.45. The second kappa shape index (κ2) is 9.44. The minimum Gasteiger partial charge on any atom is -0.393 e. The van der Waals surface area contributed by atoms with Crippen LogP contribution in [0.1, 0.15) is 67.3 Å². The number of H-pyrrole nitrogens is 1. The zero-order chi connectivity index (χ0) is 24.6. The Bertz CT molecular complexity index is 1220. The van der Waals surface area contributed by atoms with Crippen molar-refractivity contribution in [2.75, 3.05) is 10.6 Å². The summed E-state index contributed by atoms with van der Waals surface area (Å²) in [5.41, 5.74) is 0.424. The molecule has 0 saturated heterocycles. The largest absolute Gasteiger partial charge is 0.393 e. The van der Waals surface area contributed by atoms with Crippen LogP contribution >= 0.6 is 0 Å². The molecule has 2 fully saturated rings. The molecule has 0 amide bonds. The molecule has 2 atom stereocenters. The molecule has 8 nitrogen and oxygen atoms in total. The van der Waals surface area contributed by atoms with Gasteiger partial charge in [0.25, 0.3) is 0 Å².